The summed E-state index contributed by atoms with van der Waals surface area (Å²) in [5, 5.41) is 12.5. The summed E-state index contributed by atoms with van der Waals surface area (Å²) in [6, 6.07) is 5.06. The Labute approximate surface area is 127 Å². The van der Waals surface area contributed by atoms with Crippen molar-refractivity contribution >= 4 is 5.78 Å². The number of ether oxygens (including phenoxy) is 2. The van der Waals surface area contributed by atoms with E-state index in [1.165, 1.54) is 14.2 Å². The molecule has 2 unspecified atom stereocenters. The molecule has 0 spiro atoms. The molecule has 0 aliphatic heterocycles. The fourth-order valence-corrected chi connectivity index (χ4v) is 2.57. The zero-order valence-corrected chi connectivity index (χ0v) is 13.7. The van der Waals surface area contributed by atoms with Crippen LogP contribution in [-0.2, 0) is 5.11 Å². The van der Waals surface area contributed by atoms with Gasteiger partial charge in [0.25, 0.3) is 0 Å². The Morgan fingerprint density at radius 1 is 1.14 bits per heavy atom. The summed E-state index contributed by atoms with van der Waals surface area (Å²) in [7, 11) is 2.95. The van der Waals surface area contributed by atoms with E-state index in [1.807, 2.05) is 6.92 Å². The van der Waals surface area contributed by atoms with Gasteiger partial charge in [0.15, 0.2) is 6.10 Å². The van der Waals surface area contributed by atoms with E-state index in [0.29, 0.717) is 17.9 Å². The molecule has 0 fully saturated rings. The van der Waals surface area contributed by atoms with Gasteiger partial charge in [-0.1, -0.05) is 33.8 Å². The van der Waals surface area contributed by atoms with Gasteiger partial charge >= 0.3 is 0 Å². The maximum atomic E-state index is 12.6. The van der Waals surface area contributed by atoms with Gasteiger partial charge in [-0.3, -0.25) is 4.79 Å². The number of hydrogen-bond acceptors (Lipinski definition) is 3. The first kappa shape index (κ1) is 17.5. The molecule has 0 bridgehead atoms. The fraction of sp³-hybridized carbons (Fsp3) is 0.588. The molecule has 1 aromatic carbocycles. The fourth-order valence-electron chi connectivity index (χ4n) is 2.57. The first-order valence-corrected chi connectivity index (χ1v) is 7.12. The molecule has 1 radical (unpaired) electrons. The summed E-state index contributed by atoms with van der Waals surface area (Å²) in [5.41, 5.74) is 0.246. The minimum Gasteiger partial charge on any atom is -0.496 e. The van der Waals surface area contributed by atoms with Crippen molar-refractivity contribution in [2.45, 2.75) is 40.2 Å². The molecule has 1 aromatic rings. The van der Waals surface area contributed by atoms with E-state index in [1.54, 1.807) is 18.2 Å². The molecule has 0 saturated carbocycles. The molecule has 0 aromatic heterocycles. The summed E-state index contributed by atoms with van der Waals surface area (Å²) >= 11 is 0. The molecular weight excluding hydrogens is 268 g/mol. The monoisotopic (exact) mass is 293 g/mol. The molecule has 4 nitrogen and oxygen atoms in total. The Morgan fingerprint density at radius 2 is 1.62 bits per heavy atom. The van der Waals surface area contributed by atoms with Crippen molar-refractivity contribution in [3.05, 3.63) is 23.8 Å². The van der Waals surface area contributed by atoms with E-state index < -0.39 is 11.9 Å². The number of Topliss-reactive ketones (excluding diaryl/α,β-unsaturated/α-hetero) is 1. The highest BCUT2D eigenvalue weighted by Crippen LogP contribution is 2.33. The van der Waals surface area contributed by atoms with Gasteiger partial charge in [0.1, 0.15) is 17.1 Å². The highest BCUT2D eigenvalue weighted by molar-refractivity contribution is 6.04. The largest absolute Gasteiger partial charge is 0.496 e. The Hall–Kier alpha value is -1.55. The number of benzene rings is 1. The summed E-state index contributed by atoms with van der Waals surface area (Å²) in [6.07, 6.45) is -0.640. The lowest BCUT2D eigenvalue weighted by atomic mass is 9.81. The van der Waals surface area contributed by atoms with E-state index in [4.69, 9.17) is 9.47 Å². The van der Waals surface area contributed by atoms with Gasteiger partial charge in [0.2, 0.25) is 5.78 Å². The molecule has 0 N–H and O–H groups in total. The zero-order chi connectivity index (χ0) is 16.2. The molecular formula is C17H25O4. The Kier molecular flexibility index (Phi) is 5.78. The number of hydrogen-bond donors (Lipinski definition) is 0. The maximum Gasteiger partial charge on any atom is 0.202 e. The molecule has 0 aliphatic rings. The van der Waals surface area contributed by atoms with Gasteiger partial charge in [-0.2, -0.15) is 0 Å². The van der Waals surface area contributed by atoms with Crippen LogP contribution in [0.2, 0.25) is 0 Å². The Balaban J connectivity index is 3.08. The van der Waals surface area contributed by atoms with Gasteiger partial charge in [-0.25, -0.2) is 5.11 Å². The minimum absolute atomic E-state index is 0.00716. The molecule has 1 rings (SSSR count). The van der Waals surface area contributed by atoms with Crippen molar-refractivity contribution in [2.75, 3.05) is 14.2 Å². The van der Waals surface area contributed by atoms with E-state index >= 15 is 0 Å². The predicted molar refractivity (Wildman–Crippen MR) is 81.6 cm³/mol. The summed E-state index contributed by atoms with van der Waals surface area (Å²) in [6.45, 7) is 8.00. The Morgan fingerprint density at radius 3 is 2.00 bits per heavy atom. The first-order valence-electron chi connectivity index (χ1n) is 7.12. The van der Waals surface area contributed by atoms with Gasteiger partial charge < -0.3 is 9.47 Å². The number of ketones is 1. The van der Waals surface area contributed by atoms with Crippen molar-refractivity contribution in [3.63, 3.8) is 0 Å². The lowest BCUT2D eigenvalue weighted by molar-refractivity contribution is 0.0254. The first-order chi connectivity index (χ1) is 9.71. The topological polar surface area (TPSA) is 55.4 Å². The molecule has 0 aliphatic carbocycles. The zero-order valence-electron chi connectivity index (χ0n) is 13.7. The van der Waals surface area contributed by atoms with Crippen LogP contribution >= 0.6 is 0 Å². The highest BCUT2D eigenvalue weighted by atomic mass is 16.5. The minimum atomic E-state index is -1.32. The average molecular weight is 293 g/mol. The van der Waals surface area contributed by atoms with Crippen LogP contribution in [0.3, 0.4) is 0 Å². The lowest BCUT2D eigenvalue weighted by Crippen LogP contribution is -2.30. The van der Waals surface area contributed by atoms with Crippen LogP contribution in [0.15, 0.2) is 18.2 Å². The van der Waals surface area contributed by atoms with E-state index in [9.17, 15) is 9.90 Å². The van der Waals surface area contributed by atoms with E-state index in [-0.39, 0.29) is 16.9 Å². The second-order valence-electron chi connectivity index (χ2n) is 6.56. The molecule has 0 heterocycles. The summed E-state index contributed by atoms with van der Waals surface area (Å²) in [4.78, 5) is 12.6. The second kappa shape index (κ2) is 6.94. The van der Waals surface area contributed by atoms with Gasteiger partial charge in [0.05, 0.1) is 14.2 Å². The quantitative estimate of drug-likeness (QED) is 0.750. The lowest BCUT2D eigenvalue weighted by Gasteiger charge is -2.25. The van der Waals surface area contributed by atoms with Crippen LogP contribution in [0.4, 0.5) is 0 Å². The Bertz CT molecular complexity index is 466. The van der Waals surface area contributed by atoms with Gasteiger partial charge in [-0.05, 0) is 29.9 Å². The molecule has 0 amide bonds. The molecule has 21 heavy (non-hydrogen) atoms. The summed E-state index contributed by atoms with van der Waals surface area (Å²) < 4.78 is 10.4. The van der Waals surface area contributed by atoms with Crippen LogP contribution in [0, 0.1) is 11.3 Å². The summed E-state index contributed by atoms with van der Waals surface area (Å²) in [5.74, 6) is 0.0273. The van der Waals surface area contributed by atoms with Gasteiger partial charge in [0, 0.05) is 0 Å². The second-order valence-corrected chi connectivity index (χ2v) is 6.56. The normalized spacial score (nSPS) is 14.4. The van der Waals surface area contributed by atoms with Crippen LogP contribution in [-0.4, -0.2) is 26.1 Å². The smallest absolute Gasteiger partial charge is 0.202 e. The van der Waals surface area contributed by atoms with E-state index in [2.05, 4.69) is 20.8 Å². The average Bonchev–Trinajstić information content (AvgIpc) is 2.42. The van der Waals surface area contributed by atoms with Crippen molar-refractivity contribution in [1.82, 2.24) is 0 Å². The van der Waals surface area contributed by atoms with Crippen LogP contribution in [0.25, 0.3) is 0 Å². The third kappa shape index (κ3) is 4.46. The van der Waals surface area contributed by atoms with Crippen LogP contribution in [0.5, 0.6) is 11.5 Å². The molecule has 117 valence electrons. The van der Waals surface area contributed by atoms with Crippen molar-refractivity contribution in [3.8, 4) is 11.5 Å². The highest BCUT2D eigenvalue weighted by Gasteiger charge is 2.32. The molecule has 0 saturated heterocycles. The van der Waals surface area contributed by atoms with Gasteiger partial charge in [-0.15, -0.1) is 0 Å². The predicted octanol–water partition coefficient (Wildman–Crippen LogP) is 3.76. The third-order valence-corrected chi connectivity index (χ3v) is 3.38. The van der Waals surface area contributed by atoms with Crippen LogP contribution in [0.1, 0.15) is 44.5 Å². The molecule has 2 atom stereocenters. The third-order valence-electron chi connectivity index (χ3n) is 3.38. The van der Waals surface area contributed by atoms with Crippen LogP contribution < -0.4 is 9.47 Å². The SMILES string of the molecule is COc1cccc(OC)c1C(=O)C([O])C(C)CC(C)(C)C. The van der Waals surface area contributed by atoms with E-state index in [0.717, 1.165) is 0 Å². The number of rotatable bonds is 6. The van der Waals surface area contributed by atoms with Crippen molar-refractivity contribution in [2.24, 2.45) is 11.3 Å². The standard InChI is InChI=1S/C17H25O4/c1-11(10-17(2,3)4)15(18)16(19)14-12(20-5)8-7-9-13(14)21-6/h7-9,11,15H,10H2,1-6H3. The van der Waals surface area contributed by atoms with Crippen molar-refractivity contribution in [1.29, 1.82) is 0 Å². The maximum absolute atomic E-state index is 12.6. The number of carbonyl (C=O) groups is 1. The number of carbonyl (C=O) groups excluding carboxylic acids is 1. The molecule has 4 heteroatoms. The number of methoxy groups -OCH3 is 2. The van der Waals surface area contributed by atoms with Crippen molar-refractivity contribution < 1.29 is 19.4 Å².